The molecule has 0 saturated heterocycles. The summed E-state index contributed by atoms with van der Waals surface area (Å²) in [6.07, 6.45) is 7.27. The van der Waals surface area contributed by atoms with Crippen molar-refractivity contribution in [1.29, 1.82) is 0 Å². The first-order valence-corrected chi connectivity index (χ1v) is 9.50. The lowest BCUT2D eigenvalue weighted by Crippen LogP contribution is -2.12. The molecule has 7 nitrogen and oxygen atoms in total. The summed E-state index contributed by atoms with van der Waals surface area (Å²) in [7, 11) is 0. The van der Waals surface area contributed by atoms with Crippen LogP contribution >= 0.6 is 0 Å². The Kier molecular flexibility index (Phi) is 20.7. The van der Waals surface area contributed by atoms with Gasteiger partial charge in [0, 0.05) is 19.6 Å². The number of aliphatic carboxylic acids is 1. The molecule has 0 spiro atoms. The predicted molar refractivity (Wildman–Crippen MR) is 96.9 cm³/mol. The molecule has 0 aliphatic carbocycles. The Bertz CT molecular complexity index is 278. The van der Waals surface area contributed by atoms with E-state index in [0.29, 0.717) is 52.7 Å². The summed E-state index contributed by atoms with van der Waals surface area (Å²) in [5, 5.41) is 8.50. The predicted octanol–water partition coefficient (Wildman–Crippen LogP) is 2.22. The second-order valence-corrected chi connectivity index (χ2v) is 5.86. The van der Waals surface area contributed by atoms with E-state index in [9.17, 15) is 4.79 Å². The molecule has 0 unspecified atom stereocenters. The van der Waals surface area contributed by atoms with Crippen LogP contribution in [-0.2, 0) is 23.7 Å². The van der Waals surface area contributed by atoms with Crippen LogP contribution in [0.5, 0.6) is 0 Å². The molecule has 0 aliphatic heterocycles. The van der Waals surface area contributed by atoms with E-state index in [1.54, 1.807) is 0 Å². The Labute approximate surface area is 152 Å². The minimum Gasteiger partial charge on any atom is -0.481 e. The minimum absolute atomic E-state index is 0.239. The zero-order valence-electron chi connectivity index (χ0n) is 15.6. The molecule has 0 aromatic carbocycles. The second-order valence-electron chi connectivity index (χ2n) is 5.86. The fraction of sp³-hybridized carbons (Fsp3) is 0.944. The van der Waals surface area contributed by atoms with Crippen LogP contribution < -0.4 is 5.73 Å². The van der Waals surface area contributed by atoms with Gasteiger partial charge in [0.15, 0.2) is 0 Å². The molecule has 25 heavy (non-hydrogen) atoms. The number of hydrogen-bond donors (Lipinski definition) is 2. The number of nitrogens with two attached hydrogens (primary N) is 1. The zero-order chi connectivity index (χ0) is 18.4. The van der Waals surface area contributed by atoms with Gasteiger partial charge in [-0.3, -0.25) is 4.79 Å². The van der Waals surface area contributed by atoms with E-state index < -0.39 is 5.97 Å². The standard InChI is InChI=1S/C18H37NO6/c19-9-5-1-2-6-10-22-12-14-24-16-17-25-15-13-23-11-7-3-4-8-18(20)21/h1-17,19H2,(H,20,21). The highest BCUT2D eigenvalue weighted by molar-refractivity contribution is 5.66. The number of carboxylic acids is 1. The van der Waals surface area contributed by atoms with Crippen molar-refractivity contribution >= 4 is 5.97 Å². The summed E-state index contributed by atoms with van der Waals surface area (Å²) in [5.41, 5.74) is 5.43. The van der Waals surface area contributed by atoms with Gasteiger partial charge in [0.05, 0.1) is 39.6 Å². The van der Waals surface area contributed by atoms with Crippen LogP contribution in [0.15, 0.2) is 0 Å². The third kappa shape index (κ3) is 23.3. The van der Waals surface area contributed by atoms with Crippen LogP contribution in [0.2, 0.25) is 0 Å². The summed E-state index contributed by atoms with van der Waals surface area (Å²) in [4.78, 5) is 10.3. The van der Waals surface area contributed by atoms with Gasteiger partial charge >= 0.3 is 5.97 Å². The van der Waals surface area contributed by atoms with Gasteiger partial charge in [-0.1, -0.05) is 19.3 Å². The molecule has 0 radical (unpaired) electrons. The van der Waals surface area contributed by atoms with Crippen LogP contribution in [0.3, 0.4) is 0 Å². The fourth-order valence-corrected chi connectivity index (χ4v) is 2.12. The molecular weight excluding hydrogens is 326 g/mol. The number of rotatable bonds is 21. The van der Waals surface area contributed by atoms with E-state index in [0.717, 1.165) is 38.8 Å². The highest BCUT2D eigenvalue weighted by Crippen LogP contribution is 2.00. The first kappa shape index (κ1) is 24.3. The monoisotopic (exact) mass is 363 g/mol. The van der Waals surface area contributed by atoms with Crippen molar-refractivity contribution in [3.63, 3.8) is 0 Å². The molecule has 7 heteroatoms. The van der Waals surface area contributed by atoms with Gasteiger partial charge in [0.1, 0.15) is 0 Å². The fourth-order valence-electron chi connectivity index (χ4n) is 2.12. The third-order valence-corrected chi connectivity index (χ3v) is 3.54. The van der Waals surface area contributed by atoms with Crippen LogP contribution in [0.4, 0.5) is 0 Å². The highest BCUT2D eigenvalue weighted by Gasteiger charge is 1.97. The maximum Gasteiger partial charge on any atom is 0.303 e. The summed E-state index contributed by atoms with van der Waals surface area (Å²) in [6, 6.07) is 0. The molecule has 3 N–H and O–H groups in total. The maximum absolute atomic E-state index is 10.3. The van der Waals surface area contributed by atoms with E-state index in [-0.39, 0.29) is 6.42 Å². The molecule has 0 fully saturated rings. The Morgan fingerprint density at radius 1 is 0.600 bits per heavy atom. The molecule has 150 valence electrons. The van der Waals surface area contributed by atoms with Crippen molar-refractivity contribution in [3.05, 3.63) is 0 Å². The quantitative estimate of drug-likeness (QED) is 0.302. The van der Waals surface area contributed by atoms with Gasteiger partial charge in [0.25, 0.3) is 0 Å². The van der Waals surface area contributed by atoms with Crippen molar-refractivity contribution in [2.24, 2.45) is 5.73 Å². The Balaban J connectivity index is 2.97. The number of carboxylic acid groups (broad SMARTS) is 1. The normalized spacial score (nSPS) is 11.1. The smallest absolute Gasteiger partial charge is 0.303 e. The molecule has 0 aliphatic rings. The molecule has 0 amide bonds. The number of hydrogen-bond acceptors (Lipinski definition) is 6. The maximum atomic E-state index is 10.3. The third-order valence-electron chi connectivity index (χ3n) is 3.54. The van der Waals surface area contributed by atoms with Gasteiger partial charge in [-0.25, -0.2) is 0 Å². The molecule has 0 rings (SSSR count). The molecule has 0 heterocycles. The summed E-state index contributed by atoms with van der Waals surface area (Å²) < 4.78 is 21.7. The Hall–Kier alpha value is -0.730. The molecule has 0 aromatic heterocycles. The lowest BCUT2D eigenvalue weighted by atomic mass is 10.2. The van der Waals surface area contributed by atoms with Crippen molar-refractivity contribution in [2.75, 3.05) is 59.4 Å². The van der Waals surface area contributed by atoms with Crippen molar-refractivity contribution in [1.82, 2.24) is 0 Å². The van der Waals surface area contributed by atoms with E-state index in [2.05, 4.69) is 0 Å². The molecule has 0 aromatic rings. The van der Waals surface area contributed by atoms with E-state index in [1.165, 1.54) is 12.8 Å². The molecule has 0 bridgehead atoms. The Morgan fingerprint density at radius 2 is 1.00 bits per heavy atom. The van der Waals surface area contributed by atoms with E-state index in [4.69, 9.17) is 29.8 Å². The van der Waals surface area contributed by atoms with Crippen molar-refractivity contribution in [3.8, 4) is 0 Å². The molecule has 0 saturated carbocycles. The Morgan fingerprint density at radius 3 is 1.44 bits per heavy atom. The van der Waals surface area contributed by atoms with Gasteiger partial charge in [-0.15, -0.1) is 0 Å². The van der Waals surface area contributed by atoms with Crippen LogP contribution in [0.1, 0.15) is 51.4 Å². The lowest BCUT2D eigenvalue weighted by Gasteiger charge is -2.07. The first-order valence-electron chi connectivity index (χ1n) is 9.50. The number of unbranched alkanes of at least 4 members (excludes halogenated alkanes) is 5. The van der Waals surface area contributed by atoms with Crippen LogP contribution in [0, 0.1) is 0 Å². The van der Waals surface area contributed by atoms with Crippen molar-refractivity contribution < 1.29 is 28.8 Å². The largest absolute Gasteiger partial charge is 0.481 e. The van der Waals surface area contributed by atoms with E-state index in [1.807, 2.05) is 0 Å². The number of carbonyl (C=O) groups is 1. The minimum atomic E-state index is -0.735. The van der Waals surface area contributed by atoms with Crippen LogP contribution in [0.25, 0.3) is 0 Å². The van der Waals surface area contributed by atoms with Gasteiger partial charge in [-0.05, 0) is 32.2 Å². The van der Waals surface area contributed by atoms with E-state index >= 15 is 0 Å². The van der Waals surface area contributed by atoms with Gasteiger partial charge in [0.2, 0.25) is 0 Å². The summed E-state index contributed by atoms with van der Waals surface area (Å²) in [6.45, 7) is 5.68. The molecule has 0 atom stereocenters. The van der Waals surface area contributed by atoms with Crippen molar-refractivity contribution in [2.45, 2.75) is 51.4 Å². The number of ether oxygens (including phenoxy) is 4. The topological polar surface area (TPSA) is 100 Å². The lowest BCUT2D eigenvalue weighted by molar-refractivity contribution is -0.137. The zero-order valence-corrected chi connectivity index (χ0v) is 15.6. The average molecular weight is 363 g/mol. The SMILES string of the molecule is NCCCCCCOCCOCCOCCOCCCCCC(=O)O. The average Bonchev–Trinajstić information content (AvgIpc) is 2.60. The molecular formula is C18H37NO6. The first-order chi connectivity index (χ1) is 12.3. The summed E-state index contributed by atoms with van der Waals surface area (Å²) >= 11 is 0. The van der Waals surface area contributed by atoms with Gasteiger partial charge in [-0.2, -0.15) is 0 Å². The van der Waals surface area contributed by atoms with Crippen LogP contribution in [-0.4, -0.2) is 70.5 Å². The van der Waals surface area contributed by atoms with Gasteiger partial charge < -0.3 is 29.8 Å². The summed E-state index contributed by atoms with van der Waals surface area (Å²) in [5.74, 6) is -0.735. The highest BCUT2D eigenvalue weighted by atomic mass is 16.6. The second kappa shape index (κ2) is 21.3.